The third-order valence-corrected chi connectivity index (χ3v) is 0.272. The van der Waals surface area contributed by atoms with E-state index in [9.17, 15) is 0 Å². The maximum absolute atomic E-state index is 8.89. The third-order valence-electron chi connectivity index (χ3n) is 0.272. The zero-order chi connectivity index (χ0) is 18.4. The number of carboxylic acids is 4. The van der Waals surface area contributed by atoms with Gasteiger partial charge in [-0.1, -0.05) is 6.08 Å². The minimum absolute atomic E-state index is 0. The summed E-state index contributed by atoms with van der Waals surface area (Å²) in [4.78, 5) is 35.6. The fraction of sp³-hybridized carbons (Fsp3) is 0.455. The Morgan fingerprint density at radius 3 is 0.913 bits per heavy atom. The summed E-state index contributed by atoms with van der Waals surface area (Å²) in [5.41, 5.74) is 9.85. The van der Waals surface area contributed by atoms with Crippen LogP contribution in [0, 0.1) is 0 Å². The van der Waals surface area contributed by atoms with E-state index in [1.165, 1.54) is 6.20 Å². The van der Waals surface area contributed by atoms with Gasteiger partial charge in [-0.3, -0.25) is 0 Å². The number of aliphatic carboxylic acids is 4. The van der Waals surface area contributed by atoms with E-state index in [4.69, 9.17) is 51.1 Å². The number of rotatable bonds is 1. The zero-order valence-corrected chi connectivity index (χ0v) is 17.9. The molecule has 0 amide bonds. The van der Waals surface area contributed by atoms with Crippen LogP contribution in [0.3, 0.4) is 0 Å². The molecule has 12 heteroatoms. The molecule has 0 aromatic carbocycles. The van der Waals surface area contributed by atoms with Crippen LogP contribution in [0.15, 0.2) is 12.3 Å². The maximum atomic E-state index is 8.89. The van der Waals surface area contributed by atoms with E-state index in [0.29, 0.717) is 6.54 Å². The molecule has 0 saturated heterocycles. The summed E-state index contributed by atoms with van der Waals surface area (Å²) in [7, 11) is 0. The average Bonchev–Trinajstić information content (AvgIpc) is 2.14. The first-order valence-electron chi connectivity index (χ1n) is 5.12. The van der Waals surface area contributed by atoms with E-state index < -0.39 is 23.9 Å². The van der Waals surface area contributed by atoms with Crippen LogP contribution in [-0.2, 0) is 36.2 Å². The molecule has 0 aliphatic carbocycles. The van der Waals surface area contributed by atoms with Gasteiger partial charge in [0.25, 0.3) is 0 Å². The number of carbonyl (C=O) groups excluding carboxylic acids is 4. The van der Waals surface area contributed by atoms with Crippen LogP contribution in [0.25, 0.3) is 0 Å². The summed E-state index contributed by atoms with van der Waals surface area (Å²) in [6.07, 6.45) is 3.11. The first-order valence-corrected chi connectivity index (χ1v) is 5.12. The van der Waals surface area contributed by atoms with Crippen molar-refractivity contribution < 1.29 is 108 Å². The molecule has 0 aliphatic heterocycles. The van der Waals surface area contributed by atoms with Crippen molar-refractivity contribution in [3.63, 3.8) is 0 Å². The van der Waals surface area contributed by atoms with E-state index in [0.717, 1.165) is 27.7 Å². The van der Waals surface area contributed by atoms with Gasteiger partial charge in [0.05, 0.1) is 0 Å². The van der Waals surface area contributed by atoms with Crippen LogP contribution < -0.4 is 83.3 Å². The Balaban J connectivity index is -0.0000000273. The molecule has 0 unspecified atom stereocenters. The molecular formula is C11H20FeKN2O8. The fourth-order valence-electron chi connectivity index (χ4n) is 0.0786. The Bertz CT molecular complexity index is 250. The smallest absolute Gasteiger partial charge is 0.550 e. The normalized spacial score (nSPS) is 6.48. The molecule has 10 nitrogen and oxygen atoms in total. The number of carboxylic acid groups (broad SMARTS) is 4. The molecule has 0 spiro atoms. The van der Waals surface area contributed by atoms with Crippen molar-refractivity contribution in [2.45, 2.75) is 27.7 Å². The predicted molar refractivity (Wildman–Crippen MR) is 65.1 cm³/mol. The Morgan fingerprint density at radius 2 is 0.913 bits per heavy atom. The van der Waals surface area contributed by atoms with E-state index >= 15 is 0 Å². The first-order chi connectivity index (χ1) is 9.34. The van der Waals surface area contributed by atoms with E-state index in [-0.39, 0.29) is 68.5 Å². The Kier molecular flexibility index (Phi) is 80.9. The van der Waals surface area contributed by atoms with Crippen molar-refractivity contribution in [1.29, 1.82) is 0 Å². The van der Waals surface area contributed by atoms with Gasteiger partial charge < -0.3 is 51.1 Å². The monoisotopic (exact) mass is 403 g/mol. The molecule has 0 atom stereocenters. The largest absolute Gasteiger partial charge is 3.00 e. The average molecular weight is 403 g/mol. The molecule has 0 aromatic heterocycles. The van der Waals surface area contributed by atoms with Crippen molar-refractivity contribution in [1.82, 2.24) is 0 Å². The van der Waals surface area contributed by atoms with Crippen molar-refractivity contribution >= 4 is 23.9 Å². The van der Waals surface area contributed by atoms with Crippen molar-refractivity contribution in [3.05, 3.63) is 12.3 Å². The molecule has 0 aromatic rings. The van der Waals surface area contributed by atoms with Gasteiger partial charge in [0, 0.05) is 30.4 Å². The SMILES string of the molecule is CC(=O)[O-].CC(=O)[O-].CC(=O)[O-].CC(=O)[O-].NC=CCN.[Fe+3].[K+]. The number of hydrogen-bond acceptors (Lipinski definition) is 10. The van der Waals surface area contributed by atoms with Gasteiger partial charge in [0.15, 0.2) is 0 Å². The molecular weight excluding hydrogens is 383 g/mol. The summed E-state index contributed by atoms with van der Waals surface area (Å²) in [5.74, 6) is -4.33. The Morgan fingerprint density at radius 1 is 0.783 bits per heavy atom. The van der Waals surface area contributed by atoms with E-state index in [1.54, 1.807) is 6.08 Å². The number of hydrogen-bond donors (Lipinski definition) is 2. The molecule has 0 saturated carbocycles. The molecule has 1 radical (unpaired) electrons. The minimum Gasteiger partial charge on any atom is -0.550 e. The second-order valence-electron chi connectivity index (χ2n) is 2.63. The van der Waals surface area contributed by atoms with Crippen molar-refractivity contribution in [3.8, 4) is 0 Å². The van der Waals surface area contributed by atoms with Crippen LogP contribution in [0.5, 0.6) is 0 Å². The zero-order valence-electron chi connectivity index (χ0n) is 13.6. The van der Waals surface area contributed by atoms with Gasteiger partial charge in [-0.15, -0.1) is 0 Å². The molecule has 0 aliphatic rings. The van der Waals surface area contributed by atoms with Gasteiger partial charge in [0.2, 0.25) is 0 Å². The summed E-state index contributed by atoms with van der Waals surface area (Å²) in [5, 5.41) is 35.6. The first kappa shape index (κ1) is 43.3. The quantitative estimate of drug-likeness (QED) is 0.394. The molecule has 0 rings (SSSR count). The fourth-order valence-corrected chi connectivity index (χ4v) is 0.0786. The molecule has 0 fully saturated rings. The number of nitrogens with two attached hydrogens (primary N) is 2. The van der Waals surface area contributed by atoms with Gasteiger partial charge in [-0.05, 0) is 33.9 Å². The van der Waals surface area contributed by atoms with Crippen LogP contribution >= 0.6 is 0 Å². The van der Waals surface area contributed by atoms with Crippen molar-refractivity contribution in [2.75, 3.05) is 6.54 Å². The minimum atomic E-state index is -1.08. The molecule has 131 valence electrons. The molecule has 0 bridgehead atoms. The van der Waals surface area contributed by atoms with Crippen LogP contribution in [-0.4, -0.2) is 30.4 Å². The van der Waals surface area contributed by atoms with Gasteiger partial charge in [-0.25, -0.2) is 0 Å². The Labute approximate surface area is 188 Å². The van der Waals surface area contributed by atoms with Crippen LogP contribution in [0.4, 0.5) is 0 Å². The molecule has 23 heavy (non-hydrogen) atoms. The van der Waals surface area contributed by atoms with Gasteiger partial charge >= 0.3 is 68.5 Å². The second kappa shape index (κ2) is 43.0. The topological polar surface area (TPSA) is 213 Å². The van der Waals surface area contributed by atoms with Crippen molar-refractivity contribution in [2.24, 2.45) is 11.5 Å². The predicted octanol–water partition coefficient (Wildman–Crippen LogP) is -8.56. The Hall–Kier alpha value is -0.464. The van der Waals surface area contributed by atoms with E-state index in [2.05, 4.69) is 0 Å². The second-order valence-corrected chi connectivity index (χ2v) is 2.63. The van der Waals surface area contributed by atoms with Gasteiger partial charge in [0.1, 0.15) is 0 Å². The molecule has 4 N–H and O–H groups in total. The summed E-state index contributed by atoms with van der Waals surface area (Å²) >= 11 is 0. The van der Waals surface area contributed by atoms with E-state index in [1.807, 2.05) is 0 Å². The summed E-state index contributed by atoms with van der Waals surface area (Å²) in [6, 6.07) is 0. The van der Waals surface area contributed by atoms with Crippen LogP contribution in [0.2, 0.25) is 0 Å². The standard InChI is InChI=1S/C3H8N2.4C2H4O2.Fe.K/c4-2-1-3-5;4*1-2(3)4;;/h1-2H,3-5H2;4*1H3,(H,3,4);;/q;;;;;+3;+1/p-4. The molecule has 0 heterocycles. The maximum Gasteiger partial charge on any atom is 3.00 e. The third kappa shape index (κ3) is 3480. The number of carbonyl (C=O) groups is 4. The summed E-state index contributed by atoms with van der Waals surface area (Å²) < 4.78 is 0. The summed E-state index contributed by atoms with van der Waals surface area (Å²) in [6.45, 7) is 4.43. The van der Waals surface area contributed by atoms with Crippen LogP contribution in [0.1, 0.15) is 27.7 Å². The van der Waals surface area contributed by atoms with Gasteiger partial charge in [-0.2, -0.15) is 0 Å².